The number of amides is 2. The van der Waals surface area contributed by atoms with E-state index in [4.69, 9.17) is 11.2 Å². The van der Waals surface area contributed by atoms with E-state index in [-0.39, 0.29) is 24.7 Å². The van der Waals surface area contributed by atoms with Gasteiger partial charge in [-0.3, -0.25) is 14.2 Å². The summed E-state index contributed by atoms with van der Waals surface area (Å²) in [5.74, 6) is 1.88. The van der Waals surface area contributed by atoms with Crippen molar-refractivity contribution in [2.24, 2.45) is 10.2 Å². The quantitative estimate of drug-likeness (QED) is 0.350. The minimum atomic E-state index is -0.667. The molecule has 156 valence electrons. The van der Waals surface area contributed by atoms with Crippen LogP contribution in [-0.4, -0.2) is 35.1 Å². The summed E-state index contributed by atoms with van der Waals surface area (Å²) in [4.78, 5) is 23.9. The highest BCUT2D eigenvalue weighted by atomic mass is 16.5. The maximum absolute atomic E-state index is 12.0. The second-order valence-electron chi connectivity index (χ2n) is 6.40. The fraction of sp³-hybridized carbons (Fsp3) is 0.130. The van der Waals surface area contributed by atoms with E-state index >= 15 is 0 Å². The molecule has 31 heavy (non-hydrogen) atoms. The highest BCUT2D eigenvalue weighted by Gasteiger charge is 2.16. The minimum absolute atomic E-state index is 0.143. The largest absolute Gasteiger partial charge is 0.497 e. The van der Waals surface area contributed by atoms with Crippen molar-refractivity contribution in [1.82, 2.24) is 9.88 Å². The van der Waals surface area contributed by atoms with Crippen LogP contribution in [0.15, 0.2) is 64.8 Å². The lowest BCUT2D eigenvalue weighted by molar-refractivity contribution is -0.122. The fourth-order valence-corrected chi connectivity index (χ4v) is 2.87. The van der Waals surface area contributed by atoms with Crippen molar-refractivity contribution in [2.75, 3.05) is 13.7 Å². The molecule has 0 spiro atoms. The number of ether oxygens (including phenoxy) is 1. The van der Waals surface area contributed by atoms with Gasteiger partial charge >= 0.3 is 0 Å². The van der Waals surface area contributed by atoms with Gasteiger partial charge in [0.25, 0.3) is 5.91 Å². The maximum atomic E-state index is 12.0. The Bertz CT molecular complexity index is 1200. The number of terminal acetylenes is 1. The molecule has 8 nitrogen and oxygen atoms in total. The van der Waals surface area contributed by atoms with Crippen LogP contribution in [0.25, 0.3) is 17.0 Å². The van der Waals surface area contributed by atoms with E-state index in [1.165, 1.54) is 10.6 Å². The molecule has 2 aromatic carbocycles. The number of carbonyl (C=O) groups is 2. The Morgan fingerprint density at radius 3 is 2.68 bits per heavy atom. The molecule has 3 aromatic rings. The van der Waals surface area contributed by atoms with Crippen LogP contribution in [-0.2, 0) is 16.1 Å². The van der Waals surface area contributed by atoms with E-state index < -0.39 is 11.8 Å². The molecule has 1 aromatic heterocycles. The number of benzene rings is 2. The van der Waals surface area contributed by atoms with E-state index in [1.807, 2.05) is 0 Å². The van der Waals surface area contributed by atoms with Crippen molar-refractivity contribution in [1.29, 1.82) is 0 Å². The van der Waals surface area contributed by atoms with Gasteiger partial charge < -0.3 is 15.2 Å². The number of fused-ring (bicyclic) bond motifs is 1. The average molecular weight is 416 g/mol. The first-order chi connectivity index (χ1) is 15.0. The number of aromatic nitrogens is 1. The molecule has 3 rings (SSSR count). The Kier molecular flexibility index (Phi) is 6.81. The SMILES string of the molecule is C#CCn1c(O)c(N=NC(=O)CNC(=O)C=Cc2ccc(OC)cc2)c2ccccc21. The molecule has 0 aliphatic heterocycles. The van der Waals surface area contributed by atoms with Crippen LogP contribution in [0.2, 0.25) is 0 Å². The molecule has 0 saturated heterocycles. The predicted octanol–water partition coefficient (Wildman–Crippen LogP) is 3.43. The lowest BCUT2D eigenvalue weighted by Crippen LogP contribution is -2.26. The number of hydrogen-bond donors (Lipinski definition) is 2. The van der Waals surface area contributed by atoms with Crippen LogP contribution in [0.5, 0.6) is 11.6 Å². The molecule has 2 amide bonds. The summed E-state index contributed by atoms with van der Waals surface area (Å²) in [6.07, 6.45) is 8.27. The summed E-state index contributed by atoms with van der Waals surface area (Å²) in [6.45, 7) is -0.189. The van der Waals surface area contributed by atoms with Crippen LogP contribution in [0.1, 0.15) is 5.56 Å². The van der Waals surface area contributed by atoms with Crippen LogP contribution in [0.3, 0.4) is 0 Å². The molecule has 0 saturated carbocycles. The number of methoxy groups -OCH3 is 1. The molecule has 0 aliphatic rings. The molecule has 8 heteroatoms. The van der Waals surface area contributed by atoms with Crippen molar-refractivity contribution in [2.45, 2.75) is 6.54 Å². The van der Waals surface area contributed by atoms with Crippen LogP contribution >= 0.6 is 0 Å². The van der Waals surface area contributed by atoms with Gasteiger partial charge in [0, 0.05) is 11.5 Å². The molecule has 0 unspecified atom stereocenters. The fourth-order valence-electron chi connectivity index (χ4n) is 2.87. The summed E-state index contributed by atoms with van der Waals surface area (Å²) in [5, 5.41) is 20.9. The number of azo groups is 1. The average Bonchev–Trinajstić information content (AvgIpc) is 3.06. The molecule has 1 heterocycles. The summed E-state index contributed by atoms with van der Waals surface area (Å²) < 4.78 is 6.57. The first-order valence-corrected chi connectivity index (χ1v) is 9.31. The van der Waals surface area contributed by atoms with E-state index in [1.54, 1.807) is 61.7 Å². The Morgan fingerprint density at radius 1 is 1.23 bits per heavy atom. The third-order valence-corrected chi connectivity index (χ3v) is 4.39. The second-order valence-corrected chi connectivity index (χ2v) is 6.40. The summed E-state index contributed by atoms with van der Waals surface area (Å²) in [5.41, 5.74) is 1.63. The third kappa shape index (κ3) is 5.16. The zero-order valence-corrected chi connectivity index (χ0v) is 16.8. The van der Waals surface area contributed by atoms with Crippen LogP contribution in [0.4, 0.5) is 5.69 Å². The van der Waals surface area contributed by atoms with Gasteiger partial charge in [0.05, 0.1) is 19.2 Å². The third-order valence-electron chi connectivity index (χ3n) is 4.39. The van der Waals surface area contributed by atoms with Gasteiger partial charge in [-0.05, 0) is 29.8 Å². The Morgan fingerprint density at radius 2 is 1.97 bits per heavy atom. The second kappa shape index (κ2) is 9.89. The number of rotatable bonds is 7. The number of carbonyl (C=O) groups excluding carboxylic acids is 2. The molecular weight excluding hydrogens is 396 g/mol. The van der Waals surface area contributed by atoms with Crippen molar-refractivity contribution in [3.63, 3.8) is 0 Å². The first kappa shape index (κ1) is 21.3. The number of hydrogen-bond acceptors (Lipinski definition) is 5. The standard InChI is InChI=1S/C23H20N4O4/c1-3-14-27-19-7-5-4-6-18(19)22(23(27)30)26-25-21(29)15-24-20(28)13-10-16-8-11-17(31-2)12-9-16/h1,4-13,30H,14-15H2,2H3,(H,24,28). The van der Waals surface area contributed by atoms with Crippen molar-refractivity contribution in [3.05, 3.63) is 60.2 Å². The highest BCUT2D eigenvalue weighted by molar-refractivity contribution is 5.96. The number of nitrogens with one attached hydrogen (secondary N) is 1. The molecule has 2 N–H and O–H groups in total. The molecule has 0 bridgehead atoms. The van der Waals surface area contributed by atoms with Gasteiger partial charge in [0.2, 0.25) is 11.8 Å². The van der Waals surface area contributed by atoms with Crippen molar-refractivity contribution >= 4 is 34.5 Å². The van der Waals surface area contributed by atoms with Crippen LogP contribution < -0.4 is 10.1 Å². The normalized spacial score (nSPS) is 11.1. The Labute approximate surface area is 178 Å². The summed E-state index contributed by atoms with van der Waals surface area (Å²) in [6, 6.07) is 14.2. The summed E-state index contributed by atoms with van der Waals surface area (Å²) in [7, 11) is 1.57. The monoisotopic (exact) mass is 416 g/mol. The van der Waals surface area contributed by atoms with Crippen LogP contribution in [0, 0.1) is 12.3 Å². The molecule has 0 radical (unpaired) electrons. The van der Waals surface area contributed by atoms with Gasteiger partial charge in [-0.2, -0.15) is 0 Å². The Balaban J connectivity index is 1.62. The van der Waals surface area contributed by atoms with Gasteiger partial charge in [0.15, 0.2) is 5.69 Å². The molecule has 0 aliphatic carbocycles. The predicted molar refractivity (Wildman–Crippen MR) is 117 cm³/mol. The van der Waals surface area contributed by atoms with Gasteiger partial charge in [-0.15, -0.1) is 16.7 Å². The highest BCUT2D eigenvalue weighted by Crippen LogP contribution is 2.38. The number of para-hydroxylation sites is 1. The van der Waals surface area contributed by atoms with E-state index in [9.17, 15) is 14.7 Å². The van der Waals surface area contributed by atoms with Crippen molar-refractivity contribution < 1.29 is 19.4 Å². The van der Waals surface area contributed by atoms with E-state index in [0.29, 0.717) is 16.7 Å². The topological polar surface area (TPSA) is 105 Å². The van der Waals surface area contributed by atoms with Crippen molar-refractivity contribution in [3.8, 4) is 24.0 Å². The number of aromatic hydroxyl groups is 1. The first-order valence-electron chi connectivity index (χ1n) is 9.31. The molecule has 0 atom stereocenters. The summed E-state index contributed by atoms with van der Waals surface area (Å²) >= 11 is 0. The van der Waals surface area contributed by atoms with Gasteiger partial charge in [-0.1, -0.05) is 36.3 Å². The zero-order chi connectivity index (χ0) is 22.2. The maximum Gasteiger partial charge on any atom is 0.283 e. The Hall–Kier alpha value is -4.38. The number of nitrogens with zero attached hydrogens (tertiary/aromatic N) is 3. The molecular formula is C23H20N4O4. The van der Waals surface area contributed by atoms with Gasteiger partial charge in [0.1, 0.15) is 12.3 Å². The minimum Gasteiger partial charge on any atom is -0.497 e. The zero-order valence-electron chi connectivity index (χ0n) is 16.8. The van der Waals surface area contributed by atoms with Gasteiger partial charge in [-0.25, -0.2) is 0 Å². The molecule has 0 fully saturated rings. The lowest BCUT2D eigenvalue weighted by Gasteiger charge is -2.00. The smallest absolute Gasteiger partial charge is 0.283 e. The lowest BCUT2D eigenvalue weighted by atomic mass is 10.2. The van der Waals surface area contributed by atoms with E-state index in [0.717, 1.165) is 5.56 Å². The van der Waals surface area contributed by atoms with E-state index in [2.05, 4.69) is 21.5 Å².